The van der Waals surface area contributed by atoms with Crippen LogP contribution < -0.4 is 0 Å². The van der Waals surface area contributed by atoms with Crippen molar-refractivity contribution in [1.82, 2.24) is 4.90 Å². The van der Waals surface area contributed by atoms with Gasteiger partial charge in [-0.1, -0.05) is 55.5 Å². The fraction of sp³-hybridized carbons (Fsp3) is 0.435. The molecule has 1 aliphatic carbocycles. The zero-order valence-corrected chi connectivity index (χ0v) is 16.3. The maximum Gasteiger partial charge on any atom is 0.410 e. The van der Waals surface area contributed by atoms with Crippen LogP contribution in [0.15, 0.2) is 48.5 Å². The molecular weight excluding hydrogens is 370 g/mol. The Morgan fingerprint density at radius 1 is 1.00 bits per heavy atom. The van der Waals surface area contributed by atoms with E-state index in [1.54, 1.807) is 4.90 Å². The zero-order valence-electron chi connectivity index (χ0n) is 16.3. The second-order valence-electron chi connectivity index (χ2n) is 8.75. The van der Waals surface area contributed by atoms with E-state index >= 15 is 0 Å². The molecule has 150 valence electrons. The predicted octanol–water partition coefficient (Wildman–Crippen LogP) is 3.36. The van der Waals surface area contributed by atoms with Gasteiger partial charge in [-0.2, -0.15) is 0 Å². The van der Waals surface area contributed by atoms with E-state index in [1.807, 2.05) is 24.3 Å². The molecule has 4 fully saturated rings. The van der Waals surface area contributed by atoms with Crippen LogP contribution in [0.4, 0.5) is 4.79 Å². The van der Waals surface area contributed by atoms with Crippen molar-refractivity contribution >= 4 is 6.09 Å². The van der Waals surface area contributed by atoms with Crippen LogP contribution in [-0.4, -0.2) is 56.0 Å². The van der Waals surface area contributed by atoms with Crippen molar-refractivity contribution in [3.63, 3.8) is 0 Å². The van der Waals surface area contributed by atoms with E-state index in [0.717, 1.165) is 0 Å². The fourth-order valence-electron chi connectivity index (χ4n) is 4.68. The third kappa shape index (κ3) is 2.63. The van der Waals surface area contributed by atoms with Crippen molar-refractivity contribution in [3.05, 3.63) is 59.7 Å². The van der Waals surface area contributed by atoms with E-state index in [1.165, 1.54) is 22.3 Å². The van der Waals surface area contributed by atoms with Crippen molar-refractivity contribution < 1.29 is 23.7 Å². The molecule has 0 saturated carbocycles. The molecule has 7 rings (SSSR count). The van der Waals surface area contributed by atoms with Gasteiger partial charge in [-0.15, -0.1) is 0 Å². The van der Waals surface area contributed by atoms with Gasteiger partial charge in [-0.25, -0.2) is 4.79 Å². The Bertz CT molecular complexity index is 919. The van der Waals surface area contributed by atoms with Gasteiger partial charge in [0.25, 0.3) is 0 Å². The molecule has 2 aromatic rings. The minimum absolute atomic E-state index is 0.0525. The maximum absolute atomic E-state index is 12.7. The molecule has 0 spiro atoms. The Morgan fingerprint density at radius 3 is 2.14 bits per heavy atom. The summed E-state index contributed by atoms with van der Waals surface area (Å²) >= 11 is 0. The summed E-state index contributed by atoms with van der Waals surface area (Å²) in [5.41, 5.74) is 4.75. The Hall–Kier alpha value is -2.41. The molecule has 6 heteroatoms. The van der Waals surface area contributed by atoms with Crippen LogP contribution in [0.25, 0.3) is 11.1 Å². The molecule has 2 aromatic carbocycles. The average molecular weight is 393 g/mol. The lowest BCUT2D eigenvalue weighted by atomic mass is 9.91. The largest absolute Gasteiger partial charge is 0.448 e. The van der Waals surface area contributed by atoms with E-state index < -0.39 is 5.97 Å². The van der Waals surface area contributed by atoms with Crippen molar-refractivity contribution in [2.24, 2.45) is 5.41 Å². The summed E-state index contributed by atoms with van der Waals surface area (Å²) in [7, 11) is 0. The first kappa shape index (κ1) is 17.4. The Morgan fingerprint density at radius 2 is 1.55 bits per heavy atom. The van der Waals surface area contributed by atoms with Crippen molar-refractivity contribution in [3.8, 4) is 11.1 Å². The summed E-state index contributed by atoms with van der Waals surface area (Å²) in [5, 5.41) is 0. The van der Waals surface area contributed by atoms with Crippen LogP contribution in [0.2, 0.25) is 0 Å². The molecular formula is C23H23NO5. The highest BCUT2D eigenvalue weighted by Gasteiger charge is 2.64. The lowest BCUT2D eigenvalue weighted by Gasteiger charge is -2.50. The summed E-state index contributed by atoms with van der Waals surface area (Å²) in [4.78, 5) is 14.3. The Balaban J connectivity index is 1.15. The van der Waals surface area contributed by atoms with Crippen LogP contribution in [0.5, 0.6) is 0 Å². The molecule has 4 saturated heterocycles. The molecule has 0 aromatic heterocycles. The number of ether oxygens (including phenoxy) is 4. The number of carbonyl (C=O) groups excluding carboxylic acids is 1. The number of hydrogen-bond acceptors (Lipinski definition) is 5. The van der Waals surface area contributed by atoms with Crippen molar-refractivity contribution in [1.29, 1.82) is 0 Å². The molecule has 0 radical (unpaired) electrons. The van der Waals surface area contributed by atoms with Gasteiger partial charge in [-0.05, 0) is 22.3 Å². The van der Waals surface area contributed by atoms with Crippen LogP contribution in [0, 0.1) is 5.41 Å². The fourth-order valence-corrected chi connectivity index (χ4v) is 4.68. The molecule has 1 atom stereocenters. The lowest BCUT2D eigenvalue weighted by molar-refractivity contribution is -0.466. The van der Waals surface area contributed by atoms with E-state index in [4.69, 9.17) is 18.9 Å². The highest BCUT2D eigenvalue weighted by molar-refractivity contribution is 5.79. The molecule has 2 bridgehead atoms. The van der Waals surface area contributed by atoms with Gasteiger partial charge in [-0.3, -0.25) is 4.90 Å². The lowest BCUT2D eigenvalue weighted by Crippen LogP contribution is -2.62. The molecule has 0 unspecified atom stereocenters. The molecule has 1 amide bonds. The quantitative estimate of drug-likeness (QED) is 0.749. The maximum atomic E-state index is 12.7. The normalized spacial score (nSPS) is 32.0. The monoisotopic (exact) mass is 393 g/mol. The van der Waals surface area contributed by atoms with Gasteiger partial charge in [0, 0.05) is 11.3 Å². The van der Waals surface area contributed by atoms with Crippen LogP contribution in [0.1, 0.15) is 24.0 Å². The number of benzene rings is 2. The van der Waals surface area contributed by atoms with Gasteiger partial charge in [0.1, 0.15) is 12.6 Å². The number of carbonyl (C=O) groups is 1. The number of nitrogens with zero attached hydrogens (tertiary/aromatic N) is 1. The van der Waals surface area contributed by atoms with Crippen LogP contribution >= 0.6 is 0 Å². The zero-order chi connectivity index (χ0) is 19.6. The Labute approximate surface area is 169 Å². The number of rotatable bonds is 3. The summed E-state index contributed by atoms with van der Waals surface area (Å²) in [6.07, 6.45) is -0.346. The predicted molar refractivity (Wildman–Crippen MR) is 104 cm³/mol. The van der Waals surface area contributed by atoms with E-state index in [2.05, 4.69) is 31.2 Å². The first-order valence-electron chi connectivity index (χ1n) is 10.1. The summed E-state index contributed by atoms with van der Waals surface area (Å²) in [6.45, 7) is 4.66. The number of hydrogen-bond donors (Lipinski definition) is 0. The molecule has 0 N–H and O–H groups in total. The summed E-state index contributed by atoms with van der Waals surface area (Å²) < 4.78 is 23.3. The third-order valence-electron chi connectivity index (χ3n) is 6.46. The van der Waals surface area contributed by atoms with Gasteiger partial charge in [0.15, 0.2) is 0 Å². The van der Waals surface area contributed by atoms with Gasteiger partial charge in [0.05, 0.1) is 26.4 Å². The highest BCUT2D eigenvalue weighted by atomic mass is 16.9. The van der Waals surface area contributed by atoms with Crippen molar-refractivity contribution in [2.75, 3.05) is 33.0 Å². The standard InChI is InChI=1S/C23H23NO5/c1-22-12-27-23(28-13-22,29-14-22)20-10-24(20)21(25)26-11-19-17-8-4-2-6-15(17)16-7-3-5-9-18(16)19/h2-9,19-20H,10-14H2,1H3/t20-,22?,23?,24?/m0/s1. The molecule has 6 nitrogen and oxygen atoms in total. The number of amides is 1. The smallest absolute Gasteiger partial charge is 0.410 e. The first-order chi connectivity index (χ1) is 14.1. The minimum atomic E-state index is -1.12. The third-order valence-corrected chi connectivity index (χ3v) is 6.46. The van der Waals surface area contributed by atoms with Gasteiger partial charge >= 0.3 is 12.1 Å². The molecule has 5 aliphatic rings. The van der Waals surface area contributed by atoms with Crippen LogP contribution in [-0.2, 0) is 18.9 Å². The minimum Gasteiger partial charge on any atom is -0.448 e. The second-order valence-corrected chi connectivity index (χ2v) is 8.75. The van der Waals surface area contributed by atoms with E-state index in [0.29, 0.717) is 33.0 Å². The van der Waals surface area contributed by atoms with Crippen molar-refractivity contribution in [2.45, 2.75) is 24.9 Å². The SMILES string of the molecule is CC12COC([C@@H]3CN3C(=O)OCC3c4ccccc4-c4ccccc43)(OC1)OC2. The van der Waals surface area contributed by atoms with E-state index in [-0.39, 0.29) is 23.5 Å². The Kier molecular flexibility index (Phi) is 3.64. The molecule has 29 heavy (non-hydrogen) atoms. The molecule has 4 heterocycles. The molecule has 4 aliphatic heterocycles. The van der Waals surface area contributed by atoms with Crippen LogP contribution in [0.3, 0.4) is 0 Å². The summed E-state index contributed by atoms with van der Waals surface area (Å²) in [5.74, 6) is -1.07. The number of fused-ring (bicyclic) bond motifs is 6. The summed E-state index contributed by atoms with van der Waals surface area (Å²) in [6, 6.07) is 16.4. The van der Waals surface area contributed by atoms with Gasteiger partial charge in [0.2, 0.25) is 0 Å². The van der Waals surface area contributed by atoms with E-state index in [9.17, 15) is 4.79 Å². The second kappa shape index (κ2) is 6.05. The first-order valence-corrected chi connectivity index (χ1v) is 10.1. The topological polar surface area (TPSA) is 57.0 Å². The van der Waals surface area contributed by atoms with Gasteiger partial charge < -0.3 is 18.9 Å². The highest BCUT2D eigenvalue weighted by Crippen LogP contribution is 2.46. The average Bonchev–Trinajstić information content (AvgIpc) is 3.51.